The van der Waals surface area contributed by atoms with E-state index in [1.807, 2.05) is 0 Å². The number of hydrogen-bond acceptors (Lipinski definition) is 6. The van der Waals surface area contributed by atoms with Crippen LogP contribution in [0.4, 0.5) is 0 Å². The van der Waals surface area contributed by atoms with Gasteiger partial charge in [0.2, 0.25) is 5.89 Å². The Kier molecular flexibility index (Phi) is 4.47. The molecule has 0 amide bonds. The lowest BCUT2D eigenvalue weighted by Gasteiger charge is -2.04. The van der Waals surface area contributed by atoms with Crippen LogP contribution >= 0.6 is 0 Å². The molecule has 1 fully saturated rings. The Labute approximate surface area is 101 Å². The van der Waals surface area contributed by atoms with Crippen LogP contribution in [0.15, 0.2) is 4.52 Å². The molecule has 0 aromatic carbocycles. The van der Waals surface area contributed by atoms with Crippen LogP contribution in [-0.2, 0) is 16.1 Å². The zero-order valence-corrected chi connectivity index (χ0v) is 10.3. The molecule has 96 valence electrons. The summed E-state index contributed by atoms with van der Waals surface area (Å²) < 4.78 is 15.8. The van der Waals surface area contributed by atoms with Crippen molar-refractivity contribution in [2.24, 2.45) is 0 Å². The summed E-state index contributed by atoms with van der Waals surface area (Å²) >= 11 is 0. The number of ether oxygens (including phenoxy) is 2. The van der Waals surface area contributed by atoms with Crippen LogP contribution in [0.2, 0.25) is 0 Å². The molecule has 2 atom stereocenters. The highest BCUT2D eigenvalue weighted by Gasteiger charge is 2.29. The number of hydrogen-bond donors (Lipinski definition) is 1. The van der Waals surface area contributed by atoms with Gasteiger partial charge in [0.05, 0.1) is 12.1 Å². The fourth-order valence-corrected chi connectivity index (χ4v) is 1.85. The van der Waals surface area contributed by atoms with Gasteiger partial charge in [-0.2, -0.15) is 4.98 Å². The average Bonchev–Trinajstić information content (AvgIpc) is 2.97. The van der Waals surface area contributed by atoms with Crippen molar-refractivity contribution in [2.75, 3.05) is 20.3 Å². The van der Waals surface area contributed by atoms with Crippen LogP contribution in [0.25, 0.3) is 0 Å². The highest BCUT2D eigenvalue weighted by atomic mass is 16.5. The zero-order chi connectivity index (χ0) is 12.1. The van der Waals surface area contributed by atoms with Crippen LogP contribution in [0.1, 0.15) is 37.5 Å². The Morgan fingerprint density at radius 1 is 1.53 bits per heavy atom. The first-order chi connectivity index (χ1) is 8.33. The van der Waals surface area contributed by atoms with Crippen LogP contribution in [0.3, 0.4) is 0 Å². The quantitative estimate of drug-likeness (QED) is 0.751. The minimum absolute atomic E-state index is 0.104. The molecule has 0 spiro atoms. The molecule has 1 N–H and O–H groups in total. The molecule has 0 radical (unpaired) electrons. The number of aromatic nitrogens is 2. The van der Waals surface area contributed by atoms with Gasteiger partial charge in [-0.05, 0) is 12.8 Å². The Bertz CT molecular complexity index is 342. The summed E-state index contributed by atoms with van der Waals surface area (Å²) in [6.07, 6.45) is 2.09. The van der Waals surface area contributed by atoms with Gasteiger partial charge < -0.3 is 19.3 Å². The minimum atomic E-state index is 0.104. The summed E-state index contributed by atoms with van der Waals surface area (Å²) in [6.45, 7) is 4.02. The Morgan fingerprint density at radius 3 is 3.12 bits per heavy atom. The summed E-state index contributed by atoms with van der Waals surface area (Å²) in [5.74, 6) is 1.23. The molecule has 17 heavy (non-hydrogen) atoms. The van der Waals surface area contributed by atoms with Gasteiger partial charge in [0.15, 0.2) is 5.82 Å². The van der Waals surface area contributed by atoms with Gasteiger partial charge in [0.1, 0.15) is 6.61 Å². The second-order valence-electron chi connectivity index (χ2n) is 4.16. The second-order valence-corrected chi connectivity index (χ2v) is 4.16. The molecule has 0 aliphatic carbocycles. The topological polar surface area (TPSA) is 69.4 Å². The monoisotopic (exact) mass is 241 g/mol. The van der Waals surface area contributed by atoms with E-state index in [0.717, 1.165) is 26.0 Å². The summed E-state index contributed by atoms with van der Waals surface area (Å²) in [5.41, 5.74) is 0. The molecule has 0 bridgehead atoms. The molecule has 0 saturated carbocycles. The van der Waals surface area contributed by atoms with Crippen molar-refractivity contribution < 1.29 is 14.0 Å². The van der Waals surface area contributed by atoms with Gasteiger partial charge in [-0.1, -0.05) is 12.1 Å². The standard InChI is InChI=1S/C11H19N3O3/c1-3-4-16-7-10-13-11(17-14-10)9-5-8(15-2)6-12-9/h8-9,12H,3-7H2,1-2H3/t8-,9+/m0/s1. The van der Waals surface area contributed by atoms with Crippen molar-refractivity contribution in [1.29, 1.82) is 0 Å². The molecule has 1 aliphatic heterocycles. The normalized spacial score (nSPS) is 24.4. The smallest absolute Gasteiger partial charge is 0.243 e. The van der Waals surface area contributed by atoms with Crippen molar-refractivity contribution in [3.63, 3.8) is 0 Å². The van der Waals surface area contributed by atoms with E-state index in [2.05, 4.69) is 22.4 Å². The summed E-state index contributed by atoms with van der Waals surface area (Å²) in [7, 11) is 1.71. The van der Waals surface area contributed by atoms with Crippen LogP contribution < -0.4 is 5.32 Å². The maximum Gasteiger partial charge on any atom is 0.243 e. The lowest BCUT2D eigenvalue weighted by atomic mass is 10.2. The highest BCUT2D eigenvalue weighted by molar-refractivity contribution is 4.97. The first kappa shape index (κ1) is 12.5. The first-order valence-corrected chi connectivity index (χ1v) is 6.00. The molecule has 1 aromatic heterocycles. The van der Waals surface area contributed by atoms with Crippen molar-refractivity contribution in [3.05, 3.63) is 11.7 Å². The van der Waals surface area contributed by atoms with Crippen LogP contribution in [-0.4, -0.2) is 36.5 Å². The predicted molar refractivity (Wildman–Crippen MR) is 60.4 cm³/mol. The van der Waals surface area contributed by atoms with E-state index in [4.69, 9.17) is 14.0 Å². The molecule has 2 rings (SSSR count). The van der Waals surface area contributed by atoms with Crippen LogP contribution in [0.5, 0.6) is 0 Å². The molecule has 0 unspecified atom stereocenters. The van der Waals surface area contributed by atoms with Crippen LogP contribution in [0, 0.1) is 0 Å². The van der Waals surface area contributed by atoms with Gasteiger partial charge in [-0.3, -0.25) is 0 Å². The third-order valence-electron chi connectivity index (χ3n) is 2.79. The SMILES string of the molecule is CCCOCc1noc([C@H]2C[C@H](OC)CN2)n1. The van der Waals surface area contributed by atoms with E-state index in [0.29, 0.717) is 18.3 Å². The minimum Gasteiger partial charge on any atom is -0.380 e. The average molecular weight is 241 g/mol. The summed E-state index contributed by atoms with van der Waals surface area (Å²) in [6, 6.07) is 0.104. The molecule has 1 aliphatic rings. The van der Waals surface area contributed by atoms with Gasteiger partial charge in [0.25, 0.3) is 0 Å². The van der Waals surface area contributed by atoms with Crippen molar-refractivity contribution >= 4 is 0 Å². The fraction of sp³-hybridized carbons (Fsp3) is 0.818. The van der Waals surface area contributed by atoms with Gasteiger partial charge in [-0.25, -0.2) is 0 Å². The second kappa shape index (κ2) is 6.09. The molecule has 1 aromatic rings. The van der Waals surface area contributed by atoms with Gasteiger partial charge in [-0.15, -0.1) is 0 Å². The van der Waals surface area contributed by atoms with E-state index in [1.165, 1.54) is 0 Å². The van der Waals surface area contributed by atoms with Gasteiger partial charge in [0, 0.05) is 20.3 Å². The number of nitrogens with one attached hydrogen (secondary N) is 1. The van der Waals surface area contributed by atoms with E-state index in [1.54, 1.807) is 7.11 Å². The lowest BCUT2D eigenvalue weighted by molar-refractivity contribution is 0.114. The zero-order valence-electron chi connectivity index (χ0n) is 10.3. The molecular weight excluding hydrogens is 222 g/mol. The summed E-state index contributed by atoms with van der Waals surface area (Å²) in [5, 5.41) is 7.18. The maximum absolute atomic E-state index is 5.36. The van der Waals surface area contributed by atoms with E-state index in [9.17, 15) is 0 Å². The Hall–Kier alpha value is -0.980. The predicted octanol–water partition coefficient (Wildman–Crippen LogP) is 1.05. The fourth-order valence-electron chi connectivity index (χ4n) is 1.85. The first-order valence-electron chi connectivity index (χ1n) is 6.00. The number of rotatable bonds is 6. The molecule has 2 heterocycles. The lowest BCUT2D eigenvalue weighted by Crippen LogP contribution is -2.16. The highest BCUT2D eigenvalue weighted by Crippen LogP contribution is 2.23. The molecular formula is C11H19N3O3. The van der Waals surface area contributed by atoms with E-state index < -0.39 is 0 Å². The Morgan fingerprint density at radius 2 is 2.41 bits per heavy atom. The van der Waals surface area contributed by atoms with E-state index in [-0.39, 0.29) is 12.1 Å². The van der Waals surface area contributed by atoms with Gasteiger partial charge >= 0.3 is 0 Å². The van der Waals surface area contributed by atoms with Crippen molar-refractivity contribution in [2.45, 2.75) is 38.5 Å². The number of methoxy groups -OCH3 is 1. The third-order valence-corrected chi connectivity index (χ3v) is 2.79. The third kappa shape index (κ3) is 3.24. The van der Waals surface area contributed by atoms with E-state index >= 15 is 0 Å². The molecule has 6 heteroatoms. The largest absolute Gasteiger partial charge is 0.380 e. The maximum atomic E-state index is 5.36. The van der Waals surface area contributed by atoms with Crippen molar-refractivity contribution in [1.82, 2.24) is 15.5 Å². The van der Waals surface area contributed by atoms with Crippen molar-refractivity contribution in [3.8, 4) is 0 Å². The summed E-state index contributed by atoms with van der Waals surface area (Å²) in [4.78, 5) is 4.31. The number of nitrogens with zero attached hydrogens (tertiary/aromatic N) is 2. The Balaban J connectivity index is 1.85. The molecule has 6 nitrogen and oxygen atoms in total. The molecule has 1 saturated heterocycles.